The Morgan fingerprint density at radius 1 is 1.71 bits per heavy atom. The first-order valence-corrected chi connectivity index (χ1v) is 5.25. The molecule has 0 aromatic heterocycles. The van der Waals surface area contributed by atoms with Crippen LogP contribution in [0.2, 0.25) is 0 Å². The molecule has 1 aliphatic rings. The average molecular weight is 198 g/mol. The average Bonchev–Trinajstić information content (AvgIpc) is 2.14. The van der Waals surface area contributed by atoms with Gasteiger partial charge in [0.15, 0.2) is 0 Å². The van der Waals surface area contributed by atoms with E-state index in [4.69, 9.17) is 4.74 Å². The molecule has 1 saturated heterocycles. The molecule has 0 saturated carbocycles. The number of nitrogens with zero attached hydrogens (tertiary/aromatic N) is 1. The molecule has 0 spiro atoms. The summed E-state index contributed by atoms with van der Waals surface area (Å²) < 4.78 is 5.76. The van der Waals surface area contributed by atoms with Gasteiger partial charge in [-0.1, -0.05) is 5.57 Å². The number of nitrogens with one attached hydrogen (secondary N) is 1. The fourth-order valence-corrected chi connectivity index (χ4v) is 1.85. The van der Waals surface area contributed by atoms with Gasteiger partial charge in [-0.3, -0.25) is 0 Å². The summed E-state index contributed by atoms with van der Waals surface area (Å²) in [6.07, 6.45) is 1.30. The minimum absolute atomic E-state index is 0.301. The molecule has 1 aliphatic heterocycles. The highest BCUT2D eigenvalue weighted by atomic mass is 16.5. The maximum Gasteiger partial charge on any atom is 0.0858 e. The van der Waals surface area contributed by atoms with E-state index >= 15 is 0 Å². The van der Waals surface area contributed by atoms with Crippen molar-refractivity contribution in [1.29, 1.82) is 0 Å². The highest BCUT2D eigenvalue weighted by Crippen LogP contribution is 2.13. The molecular weight excluding hydrogens is 176 g/mol. The van der Waals surface area contributed by atoms with Gasteiger partial charge in [0.25, 0.3) is 0 Å². The van der Waals surface area contributed by atoms with Crippen LogP contribution in [0.5, 0.6) is 0 Å². The Bertz CT molecular complexity index is 194. The van der Waals surface area contributed by atoms with Crippen LogP contribution >= 0.6 is 0 Å². The predicted molar refractivity (Wildman–Crippen MR) is 59.5 cm³/mol. The summed E-state index contributed by atoms with van der Waals surface area (Å²) in [7, 11) is 4.13. The minimum Gasteiger partial charge on any atom is -0.374 e. The molecule has 1 fully saturated rings. The summed E-state index contributed by atoms with van der Waals surface area (Å²) in [5.41, 5.74) is 1.21. The van der Waals surface area contributed by atoms with Gasteiger partial charge < -0.3 is 15.0 Å². The summed E-state index contributed by atoms with van der Waals surface area (Å²) in [5, 5.41) is 3.31. The zero-order chi connectivity index (χ0) is 10.6. The van der Waals surface area contributed by atoms with E-state index in [1.54, 1.807) is 0 Å². The first-order valence-electron chi connectivity index (χ1n) is 5.25. The van der Waals surface area contributed by atoms with Gasteiger partial charge in [0.1, 0.15) is 0 Å². The molecule has 2 atom stereocenters. The van der Waals surface area contributed by atoms with Crippen LogP contribution in [-0.4, -0.2) is 50.8 Å². The van der Waals surface area contributed by atoms with Crippen molar-refractivity contribution in [1.82, 2.24) is 10.2 Å². The summed E-state index contributed by atoms with van der Waals surface area (Å²) in [6, 6.07) is 0.398. The van der Waals surface area contributed by atoms with Crippen molar-refractivity contribution in [2.45, 2.75) is 25.5 Å². The molecule has 0 aliphatic carbocycles. The monoisotopic (exact) mass is 198 g/mol. The number of likely N-dealkylation sites (N-methyl/N-ethyl adjacent to an activating group) is 2. The van der Waals surface area contributed by atoms with Crippen molar-refractivity contribution in [3.8, 4) is 0 Å². The van der Waals surface area contributed by atoms with E-state index in [0.29, 0.717) is 12.1 Å². The van der Waals surface area contributed by atoms with Gasteiger partial charge in [-0.05, 0) is 27.4 Å². The molecule has 2 unspecified atom stereocenters. The van der Waals surface area contributed by atoms with E-state index in [9.17, 15) is 0 Å². The third kappa shape index (κ3) is 3.40. The van der Waals surface area contributed by atoms with Gasteiger partial charge in [-0.25, -0.2) is 0 Å². The van der Waals surface area contributed by atoms with Gasteiger partial charge in [0.2, 0.25) is 0 Å². The topological polar surface area (TPSA) is 24.5 Å². The number of morpholine rings is 1. The molecule has 0 aromatic carbocycles. The molecule has 3 nitrogen and oxygen atoms in total. The second-order valence-electron chi connectivity index (χ2n) is 4.23. The lowest BCUT2D eigenvalue weighted by molar-refractivity contribution is -0.0371. The standard InChI is InChI=1S/C11H22N2O/c1-9(2)7-10(12-3)11-8-13(4)5-6-14-11/h10-12H,1,5-8H2,2-4H3. The van der Waals surface area contributed by atoms with E-state index in [2.05, 4.69) is 30.8 Å². The molecule has 0 aromatic rings. The fraction of sp³-hybridized carbons (Fsp3) is 0.818. The normalized spacial score (nSPS) is 26.1. The molecule has 0 bridgehead atoms. The van der Waals surface area contributed by atoms with Crippen molar-refractivity contribution in [2.75, 3.05) is 33.8 Å². The molecule has 82 valence electrons. The van der Waals surface area contributed by atoms with Gasteiger partial charge in [0, 0.05) is 19.1 Å². The van der Waals surface area contributed by atoms with Crippen molar-refractivity contribution in [3.63, 3.8) is 0 Å². The Hall–Kier alpha value is -0.380. The lowest BCUT2D eigenvalue weighted by atomic mass is 10.0. The molecule has 1 rings (SSSR count). The first kappa shape index (κ1) is 11.7. The Morgan fingerprint density at radius 2 is 2.43 bits per heavy atom. The Balaban J connectivity index is 2.46. The van der Waals surface area contributed by atoms with Crippen LogP contribution < -0.4 is 5.32 Å². The third-order valence-corrected chi connectivity index (χ3v) is 2.68. The maximum absolute atomic E-state index is 5.76. The van der Waals surface area contributed by atoms with Crippen LogP contribution in [0.3, 0.4) is 0 Å². The van der Waals surface area contributed by atoms with E-state index < -0.39 is 0 Å². The van der Waals surface area contributed by atoms with E-state index in [1.807, 2.05) is 7.05 Å². The first-order chi connectivity index (χ1) is 6.63. The summed E-state index contributed by atoms with van der Waals surface area (Å²) >= 11 is 0. The van der Waals surface area contributed by atoms with Gasteiger partial charge in [0.05, 0.1) is 12.7 Å². The minimum atomic E-state index is 0.301. The molecule has 1 N–H and O–H groups in total. The number of rotatable bonds is 4. The third-order valence-electron chi connectivity index (χ3n) is 2.68. The smallest absolute Gasteiger partial charge is 0.0858 e. The highest BCUT2D eigenvalue weighted by molar-refractivity contribution is 4.96. The lowest BCUT2D eigenvalue weighted by Gasteiger charge is -2.35. The molecule has 0 radical (unpaired) electrons. The maximum atomic E-state index is 5.76. The van der Waals surface area contributed by atoms with Crippen LogP contribution in [-0.2, 0) is 4.74 Å². The van der Waals surface area contributed by atoms with E-state index in [0.717, 1.165) is 26.1 Å². The van der Waals surface area contributed by atoms with Crippen LogP contribution in [0.15, 0.2) is 12.2 Å². The second kappa shape index (κ2) is 5.49. The zero-order valence-corrected chi connectivity index (χ0v) is 9.55. The lowest BCUT2D eigenvalue weighted by Crippen LogP contribution is -2.50. The van der Waals surface area contributed by atoms with Crippen LogP contribution in [0.4, 0.5) is 0 Å². The van der Waals surface area contributed by atoms with Gasteiger partial charge in [-0.15, -0.1) is 6.58 Å². The van der Waals surface area contributed by atoms with E-state index in [1.165, 1.54) is 5.57 Å². The number of hydrogen-bond donors (Lipinski definition) is 1. The molecule has 14 heavy (non-hydrogen) atoms. The number of hydrogen-bond acceptors (Lipinski definition) is 3. The fourth-order valence-electron chi connectivity index (χ4n) is 1.85. The highest BCUT2D eigenvalue weighted by Gasteiger charge is 2.25. The van der Waals surface area contributed by atoms with Crippen molar-refractivity contribution in [2.24, 2.45) is 0 Å². The quantitative estimate of drug-likeness (QED) is 0.678. The Labute approximate surface area is 87.1 Å². The SMILES string of the molecule is C=C(C)CC(NC)C1CN(C)CCO1. The molecular formula is C11H22N2O. The van der Waals surface area contributed by atoms with E-state index in [-0.39, 0.29) is 0 Å². The zero-order valence-electron chi connectivity index (χ0n) is 9.55. The molecule has 1 heterocycles. The summed E-state index contributed by atoms with van der Waals surface area (Å²) in [6.45, 7) is 8.91. The van der Waals surface area contributed by atoms with Crippen molar-refractivity contribution < 1.29 is 4.74 Å². The summed E-state index contributed by atoms with van der Waals surface area (Å²) in [5.74, 6) is 0. The second-order valence-corrected chi connectivity index (χ2v) is 4.23. The van der Waals surface area contributed by atoms with Crippen molar-refractivity contribution >= 4 is 0 Å². The van der Waals surface area contributed by atoms with Gasteiger partial charge >= 0.3 is 0 Å². The van der Waals surface area contributed by atoms with Crippen LogP contribution in [0, 0.1) is 0 Å². The van der Waals surface area contributed by atoms with Crippen molar-refractivity contribution in [3.05, 3.63) is 12.2 Å². The largest absolute Gasteiger partial charge is 0.374 e. The predicted octanol–water partition coefficient (Wildman–Crippen LogP) is 0.871. The summed E-state index contributed by atoms with van der Waals surface area (Å²) in [4.78, 5) is 2.32. The Morgan fingerprint density at radius 3 is 2.93 bits per heavy atom. The molecule has 0 amide bonds. The molecule has 3 heteroatoms. The van der Waals surface area contributed by atoms with Crippen LogP contribution in [0.1, 0.15) is 13.3 Å². The van der Waals surface area contributed by atoms with Gasteiger partial charge in [-0.2, -0.15) is 0 Å². The number of ether oxygens (including phenoxy) is 1. The van der Waals surface area contributed by atoms with Crippen LogP contribution in [0.25, 0.3) is 0 Å². The Kier molecular flexibility index (Phi) is 4.58.